The fraction of sp³-hybridized carbons (Fsp3) is 0.500. The molecule has 260 valence electrons. The Kier molecular flexibility index (Phi) is 9.23. The number of carboxylic acids is 1. The monoisotopic (exact) mass is 672 g/mol. The first-order valence-corrected chi connectivity index (χ1v) is 16.9. The number of likely N-dealkylation sites (N-methyl/N-ethyl adjacent to an activating group) is 1. The maximum Gasteiger partial charge on any atom is 0.328 e. The fourth-order valence-corrected chi connectivity index (χ4v) is 8.87. The number of amides is 6. The zero-order valence-electron chi connectivity index (χ0n) is 28.0. The predicted octanol–water partition coefficient (Wildman–Crippen LogP) is 3.82. The van der Waals surface area contributed by atoms with Gasteiger partial charge in [-0.3, -0.25) is 24.1 Å². The molecule has 2 aromatic rings. The summed E-state index contributed by atoms with van der Waals surface area (Å²) >= 11 is 0. The van der Waals surface area contributed by atoms with Crippen LogP contribution in [0.25, 0.3) is 0 Å². The standard InChI is InChI=1S/C36H44N6O7/c1-35(2)32(47)41(34(49)42(35)19-21-9-11-26(12-10-21)39-33(48)38-25-7-5-4-6-8-25)20-28(43)40-30-24-14-22-13-23(15-24)18-36(30,17-22)31(46)27(37-3)16-29(44)45/h4-12,22-24,27,30,37H,13-20H2,1-3H3,(H,40,43)(H,44,45)(H2,38,39,48)/t22?,23?,24?,27-,30?,36?/m0/s1. The molecule has 3 unspecified atom stereocenters. The van der Waals surface area contributed by atoms with Crippen LogP contribution < -0.4 is 21.3 Å². The van der Waals surface area contributed by atoms with E-state index in [1.54, 1.807) is 57.3 Å². The number of anilines is 2. The normalized spacial score (nSPS) is 27.2. The highest BCUT2D eigenvalue weighted by atomic mass is 16.4. The van der Waals surface area contributed by atoms with Crippen molar-refractivity contribution in [2.45, 2.75) is 76.5 Å². The van der Waals surface area contributed by atoms with Crippen molar-refractivity contribution >= 4 is 47.0 Å². The number of carbonyl (C=O) groups excluding carboxylic acids is 5. The lowest BCUT2D eigenvalue weighted by Gasteiger charge is -2.61. The Morgan fingerprint density at radius 3 is 2.10 bits per heavy atom. The molecule has 1 heterocycles. The van der Waals surface area contributed by atoms with Gasteiger partial charge in [0.1, 0.15) is 12.1 Å². The Labute approximate surface area is 285 Å². The number of aliphatic carboxylic acids is 1. The second-order valence-corrected chi connectivity index (χ2v) is 14.6. The molecule has 5 aliphatic rings. The van der Waals surface area contributed by atoms with Crippen LogP contribution in [-0.2, 0) is 25.7 Å². The Morgan fingerprint density at radius 2 is 1.51 bits per heavy atom. The molecule has 4 saturated carbocycles. The first kappa shape index (κ1) is 34.1. The first-order valence-electron chi connectivity index (χ1n) is 16.9. The van der Waals surface area contributed by atoms with Crippen LogP contribution in [-0.4, -0.2) is 81.8 Å². The topological polar surface area (TPSA) is 177 Å². The number of para-hydroxylation sites is 1. The van der Waals surface area contributed by atoms with E-state index in [0.717, 1.165) is 29.7 Å². The molecular weight excluding hydrogens is 628 g/mol. The molecule has 13 heteroatoms. The number of benzene rings is 2. The van der Waals surface area contributed by atoms with Gasteiger partial charge in [0, 0.05) is 24.0 Å². The predicted molar refractivity (Wildman–Crippen MR) is 180 cm³/mol. The molecule has 5 fully saturated rings. The van der Waals surface area contributed by atoms with E-state index < -0.39 is 59.4 Å². The van der Waals surface area contributed by atoms with Crippen molar-refractivity contribution in [1.82, 2.24) is 20.4 Å². The fourth-order valence-electron chi connectivity index (χ4n) is 8.87. The maximum absolute atomic E-state index is 14.0. The molecule has 4 aliphatic carbocycles. The third kappa shape index (κ3) is 6.63. The summed E-state index contributed by atoms with van der Waals surface area (Å²) in [7, 11) is 1.58. The van der Waals surface area contributed by atoms with Crippen LogP contribution in [0.4, 0.5) is 21.0 Å². The summed E-state index contributed by atoms with van der Waals surface area (Å²) in [5.41, 5.74) is -0.187. The zero-order valence-corrected chi connectivity index (χ0v) is 28.0. The Hall–Kier alpha value is -4.78. The van der Waals surface area contributed by atoms with Crippen LogP contribution in [0.15, 0.2) is 54.6 Å². The van der Waals surface area contributed by atoms with Crippen molar-refractivity contribution < 1.29 is 33.9 Å². The molecule has 1 aliphatic heterocycles. The van der Waals surface area contributed by atoms with Crippen LogP contribution in [0.1, 0.15) is 57.9 Å². The molecule has 5 N–H and O–H groups in total. The molecule has 2 aromatic carbocycles. The van der Waals surface area contributed by atoms with E-state index in [0.29, 0.717) is 36.1 Å². The van der Waals surface area contributed by atoms with Crippen molar-refractivity contribution in [3.63, 3.8) is 0 Å². The Bertz CT molecular complexity index is 1630. The van der Waals surface area contributed by atoms with Gasteiger partial charge in [-0.05, 0) is 101 Å². The number of hydrogen-bond acceptors (Lipinski definition) is 7. The summed E-state index contributed by atoms with van der Waals surface area (Å²) < 4.78 is 0. The Morgan fingerprint density at radius 1 is 0.898 bits per heavy atom. The number of carboxylic acid groups (broad SMARTS) is 1. The zero-order chi connectivity index (χ0) is 35.1. The van der Waals surface area contributed by atoms with Gasteiger partial charge < -0.3 is 31.3 Å². The summed E-state index contributed by atoms with van der Waals surface area (Å²) in [5, 5.41) is 20.9. The van der Waals surface area contributed by atoms with E-state index in [1.807, 2.05) is 18.2 Å². The molecular formula is C36H44N6O7. The molecule has 49 heavy (non-hydrogen) atoms. The number of hydrogen-bond donors (Lipinski definition) is 5. The smallest absolute Gasteiger partial charge is 0.328 e. The third-order valence-electron chi connectivity index (χ3n) is 11.0. The van der Waals surface area contributed by atoms with Crippen molar-refractivity contribution in [1.29, 1.82) is 0 Å². The number of rotatable bonds is 12. The molecule has 7 rings (SSSR count). The van der Waals surface area contributed by atoms with E-state index in [4.69, 9.17) is 0 Å². The summed E-state index contributed by atoms with van der Waals surface area (Å²) in [4.78, 5) is 81.2. The molecule has 6 amide bonds. The highest BCUT2D eigenvalue weighted by molar-refractivity contribution is 6.08. The van der Waals surface area contributed by atoms with Crippen molar-refractivity contribution in [3.8, 4) is 0 Å². The summed E-state index contributed by atoms with van der Waals surface area (Å²) in [5.74, 6) is -1.51. The number of Topliss-reactive ketones (excluding diaryl/α,β-unsaturated/α-hetero) is 1. The molecule has 0 aromatic heterocycles. The van der Waals surface area contributed by atoms with Crippen molar-refractivity contribution in [2.24, 2.45) is 23.2 Å². The van der Waals surface area contributed by atoms with Crippen LogP contribution in [0.2, 0.25) is 0 Å². The van der Waals surface area contributed by atoms with Crippen LogP contribution >= 0.6 is 0 Å². The minimum atomic E-state index is -1.22. The largest absolute Gasteiger partial charge is 0.481 e. The summed E-state index contributed by atoms with van der Waals surface area (Å²) in [6, 6.07) is 13.6. The maximum atomic E-state index is 14.0. The Balaban J connectivity index is 1.11. The van der Waals surface area contributed by atoms with E-state index in [1.165, 1.54) is 4.90 Å². The van der Waals surface area contributed by atoms with E-state index in [2.05, 4.69) is 21.3 Å². The third-order valence-corrected chi connectivity index (χ3v) is 11.0. The number of carbonyl (C=O) groups is 6. The van der Waals surface area contributed by atoms with E-state index in [-0.39, 0.29) is 24.7 Å². The van der Waals surface area contributed by atoms with Crippen LogP contribution in [0, 0.1) is 23.2 Å². The van der Waals surface area contributed by atoms with Crippen molar-refractivity contribution in [2.75, 3.05) is 24.2 Å². The average molecular weight is 673 g/mol. The second kappa shape index (κ2) is 13.3. The van der Waals surface area contributed by atoms with Gasteiger partial charge in [-0.15, -0.1) is 0 Å². The minimum Gasteiger partial charge on any atom is -0.481 e. The number of imide groups is 1. The van der Waals surface area contributed by atoms with Crippen molar-refractivity contribution in [3.05, 3.63) is 60.2 Å². The summed E-state index contributed by atoms with van der Waals surface area (Å²) in [6.07, 6.45) is 3.65. The quantitative estimate of drug-likeness (QED) is 0.211. The number of ketones is 1. The molecule has 4 bridgehead atoms. The lowest BCUT2D eigenvalue weighted by molar-refractivity contribution is -0.157. The first-order chi connectivity index (χ1) is 23.3. The van der Waals surface area contributed by atoms with Gasteiger partial charge in [-0.1, -0.05) is 30.3 Å². The van der Waals surface area contributed by atoms with Gasteiger partial charge in [-0.2, -0.15) is 0 Å². The second-order valence-electron chi connectivity index (χ2n) is 14.6. The van der Waals surface area contributed by atoms with Gasteiger partial charge in [0.25, 0.3) is 5.91 Å². The minimum absolute atomic E-state index is 0.0706. The average Bonchev–Trinajstić information content (AvgIpc) is 3.20. The SMILES string of the molecule is CN[C@@H](CC(=O)O)C(=O)C12CC3CC(CC(C3)C1NC(=O)CN1C(=O)N(Cc3ccc(NC(=O)Nc4ccccc4)cc3)C(C)(C)C1=O)C2. The summed E-state index contributed by atoms with van der Waals surface area (Å²) in [6.45, 7) is 2.90. The number of nitrogens with zero attached hydrogens (tertiary/aromatic N) is 2. The highest BCUT2D eigenvalue weighted by Gasteiger charge is 2.62. The molecule has 13 nitrogen and oxygen atoms in total. The molecule has 4 atom stereocenters. The highest BCUT2D eigenvalue weighted by Crippen LogP contribution is 2.60. The van der Waals surface area contributed by atoms with Gasteiger partial charge in [0.15, 0.2) is 5.78 Å². The number of urea groups is 2. The van der Waals surface area contributed by atoms with Gasteiger partial charge in [-0.25, -0.2) is 9.59 Å². The molecule has 0 radical (unpaired) electrons. The van der Waals surface area contributed by atoms with Gasteiger partial charge in [0.2, 0.25) is 5.91 Å². The number of nitrogens with one attached hydrogen (secondary N) is 4. The van der Waals surface area contributed by atoms with E-state index >= 15 is 0 Å². The lowest BCUT2D eigenvalue weighted by Crippen LogP contribution is -2.67. The van der Waals surface area contributed by atoms with E-state index in [9.17, 15) is 33.9 Å². The molecule has 1 saturated heterocycles. The van der Waals surface area contributed by atoms with Gasteiger partial charge in [0.05, 0.1) is 17.9 Å². The van der Waals surface area contributed by atoms with Crippen LogP contribution in [0.3, 0.4) is 0 Å². The van der Waals surface area contributed by atoms with Crippen LogP contribution in [0.5, 0.6) is 0 Å². The lowest BCUT2D eigenvalue weighted by atomic mass is 9.45. The molecule has 0 spiro atoms. The van der Waals surface area contributed by atoms with Gasteiger partial charge >= 0.3 is 18.0 Å².